The molecule has 4 aromatic carbocycles. The van der Waals surface area contributed by atoms with E-state index < -0.39 is 0 Å². The molecule has 1 N–H and O–H groups in total. The SMILES string of the molecule is CC(=O)Oc1ccc(-c2ccc(C(=O)N(C)Cc3cccc(-c4ccc(CC5SC(=O)NC5=O)cc4)c3)cc2)cc1. The Labute approximate surface area is 242 Å². The van der Waals surface area contributed by atoms with Gasteiger partial charge in [-0.15, -0.1) is 0 Å². The van der Waals surface area contributed by atoms with E-state index >= 15 is 0 Å². The number of amides is 3. The van der Waals surface area contributed by atoms with Crippen LogP contribution < -0.4 is 10.1 Å². The molecule has 41 heavy (non-hydrogen) atoms. The Kier molecular flexibility index (Phi) is 8.31. The first-order valence-electron chi connectivity index (χ1n) is 13.1. The van der Waals surface area contributed by atoms with Crippen LogP contribution in [0.5, 0.6) is 5.75 Å². The maximum absolute atomic E-state index is 13.1. The van der Waals surface area contributed by atoms with Gasteiger partial charge in [-0.05, 0) is 70.1 Å². The van der Waals surface area contributed by atoms with Gasteiger partial charge in [-0.2, -0.15) is 0 Å². The molecule has 1 aliphatic heterocycles. The van der Waals surface area contributed by atoms with E-state index in [1.54, 1.807) is 24.1 Å². The summed E-state index contributed by atoms with van der Waals surface area (Å²) >= 11 is 1.03. The van der Waals surface area contributed by atoms with E-state index in [-0.39, 0.29) is 28.3 Å². The summed E-state index contributed by atoms with van der Waals surface area (Å²) in [5.41, 5.74) is 6.55. The second-order valence-electron chi connectivity index (χ2n) is 9.84. The number of carbonyl (C=O) groups is 4. The topological polar surface area (TPSA) is 92.8 Å². The van der Waals surface area contributed by atoms with Crippen LogP contribution in [-0.2, 0) is 22.6 Å². The number of esters is 1. The molecule has 0 aromatic heterocycles. The Morgan fingerprint density at radius 2 is 1.41 bits per heavy atom. The number of imide groups is 1. The predicted molar refractivity (Wildman–Crippen MR) is 159 cm³/mol. The van der Waals surface area contributed by atoms with Crippen molar-refractivity contribution >= 4 is 34.8 Å². The molecule has 0 radical (unpaired) electrons. The molecule has 1 aliphatic rings. The average molecular weight is 565 g/mol. The van der Waals surface area contributed by atoms with E-state index in [0.717, 1.165) is 45.1 Å². The van der Waals surface area contributed by atoms with Gasteiger partial charge < -0.3 is 9.64 Å². The van der Waals surface area contributed by atoms with Crippen molar-refractivity contribution in [3.8, 4) is 28.0 Å². The number of carbonyl (C=O) groups excluding carboxylic acids is 4. The Hall–Kier alpha value is -4.69. The lowest BCUT2D eigenvalue weighted by atomic mass is 10.00. The number of rotatable bonds is 8. The smallest absolute Gasteiger partial charge is 0.308 e. The highest BCUT2D eigenvalue weighted by molar-refractivity contribution is 8.15. The van der Waals surface area contributed by atoms with E-state index in [2.05, 4.69) is 11.4 Å². The fourth-order valence-electron chi connectivity index (χ4n) is 4.68. The summed E-state index contributed by atoms with van der Waals surface area (Å²) < 4.78 is 5.08. The second kappa shape index (κ2) is 12.2. The van der Waals surface area contributed by atoms with Crippen LogP contribution in [0.15, 0.2) is 97.1 Å². The molecule has 0 saturated carbocycles. The molecule has 1 unspecified atom stereocenters. The van der Waals surface area contributed by atoms with E-state index in [4.69, 9.17) is 4.74 Å². The monoisotopic (exact) mass is 564 g/mol. The van der Waals surface area contributed by atoms with Gasteiger partial charge in [0.25, 0.3) is 11.1 Å². The van der Waals surface area contributed by atoms with Crippen molar-refractivity contribution < 1.29 is 23.9 Å². The van der Waals surface area contributed by atoms with Crippen LogP contribution in [0.1, 0.15) is 28.4 Å². The molecule has 3 amide bonds. The molecular weight excluding hydrogens is 536 g/mol. The summed E-state index contributed by atoms with van der Waals surface area (Å²) in [5.74, 6) is -0.191. The van der Waals surface area contributed by atoms with Gasteiger partial charge in [-0.1, -0.05) is 78.5 Å². The lowest BCUT2D eigenvalue weighted by Gasteiger charge is -2.18. The van der Waals surface area contributed by atoms with E-state index in [1.165, 1.54) is 6.92 Å². The fraction of sp³-hybridized carbons (Fsp3) is 0.152. The minimum Gasteiger partial charge on any atom is -0.427 e. The fourth-order valence-corrected chi connectivity index (χ4v) is 5.54. The average Bonchev–Trinajstić information content (AvgIpc) is 3.29. The van der Waals surface area contributed by atoms with Crippen molar-refractivity contribution in [1.29, 1.82) is 0 Å². The highest BCUT2D eigenvalue weighted by atomic mass is 32.2. The number of ether oxygens (including phenoxy) is 1. The van der Waals surface area contributed by atoms with Crippen LogP contribution in [-0.4, -0.2) is 40.2 Å². The molecule has 0 spiro atoms. The number of benzene rings is 4. The highest BCUT2D eigenvalue weighted by Gasteiger charge is 2.31. The van der Waals surface area contributed by atoms with Gasteiger partial charge in [0.05, 0.1) is 5.25 Å². The summed E-state index contributed by atoms with van der Waals surface area (Å²) in [6.07, 6.45) is 0.499. The van der Waals surface area contributed by atoms with Gasteiger partial charge in [-0.25, -0.2) is 0 Å². The number of hydrogen-bond acceptors (Lipinski definition) is 6. The molecule has 1 atom stereocenters. The zero-order chi connectivity index (χ0) is 28.9. The van der Waals surface area contributed by atoms with Gasteiger partial charge in [-0.3, -0.25) is 24.5 Å². The molecule has 0 bridgehead atoms. The van der Waals surface area contributed by atoms with E-state index in [9.17, 15) is 19.2 Å². The van der Waals surface area contributed by atoms with Crippen LogP contribution in [0.4, 0.5) is 4.79 Å². The van der Waals surface area contributed by atoms with Crippen LogP contribution >= 0.6 is 11.8 Å². The Balaban J connectivity index is 1.21. The zero-order valence-electron chi connectivity index (χ0n) is 22.6. The van der Waals surface area contributed by atoms with E-state index in [1.807, 2.05) is 78.9 Å². The first-order valence-corrected chi connectivity index (χ1v) is 14.0. The largest absolute Gasteiger partial charge is 0.427 e. The Bertz CT molecular complexity index is 1600. The van der Waals surface area contributed by atoms with Gasteiger partial charge in [0.2, 0.25) is 5.91 Å². The van der Waals surface area contributed by atoms with Crippen molar-refractivity contribution in [3.05, 3.63) is 114 Å². The summed E-state index contributed by atoms with van der Waals surface area (Å²) in [5, 5.41) is 1.64. The minimum absolute atomic E-state index is 0.0798. The van der Waals surface area contributed by atoms with Crippen LogP contribution in [0, 0.1) is 0 Å². The minimum atomic E-state index is -0.388. The molecule has 4 aromatic rings. The third kappa shape index (κ3) is 6.91. The van der Waals surface area contributed by atoms with Gasteiger partial charge in [0, 0.05) is 26.1 Å². The lowest BCUT2D eigenvalue weighted by molar-refractivity contribution is -0.131. The molecule has 7 nitrogen and oxygen atoms in total. The molecule has 206 valence electrons. The van der Waals surface area contributed by atoms with Crippen molar-refractivity contribution in [2.45, 2.75) is 25.1 Å². The molecule has 1 fully saturated rings. The predicted octanol–water partition coefficient (Wildman–Crippen LogP) is 6.11. The van der Waals surface area contributed by atoms with Gasteiger partial charge >= 0.3 is 5.97 Å². The molecule has 0 aliphatic carbocycles. The number of nitrogens with one attached hydrogen (secondary N) is 1. The number of thioether (sulfide) groups is 1. The van der Waals surface area contributed by atoms with Crippen LogP contribution in [0.2, 0.25) is 0 Å². The Morgan fingerprint density at radius 1 is 0.805 bits per heavy atom. The summed E-state index contributed by atoms with van der Waals surface area (Å²) in [6.45, 7) is 1.81. The first-order chi connectivity index (χ1) is 19.7. The maximum atomic E-state index is 13.1. The third-order valence-electron chi connectivity index (χ3n) is 6.75. The van der Waals surface area contributed by atoms with Crippen molar-refractivity contribution in [3.63, 3.8) is 0 Å². The summed E-state index contributed by atoms with van der Waals surface area (Å²) in [7, 11) is 1.79. The molecule has 1 saturated heterocycles. The van der Waals surface area contributed by atoms with Crippen molar-refractivity contribution in [1.82, 2.24) is 10.2 Å². The van der Waals surface area contributed by atoms with Crippen LogP contribution in [0.25, 0.3) is 22.3 Å². The van der Waals surface area contributed by atoms with E-state index in [0.29, 0.717) is 24.3 Å². The van der Waals surface area contributed by atoms with Crippen molar-refractivity contribution in [2.75, 3.05) is 7.05 Å². The van der Waals surface area contributed by atoms with Gasteiger partial charge in [0.15, 0.2) is 0 Å². The highest BCUT2D eigenvalue weighted by Crippen LogP contribution is 2.27. The Morgan fingerprint density at radius 3 is 2.02 bits per heavy atom. The quantitative estimate of drug-likeness (QED) is 0.205. The van der Waals surface area contributed by atoms with Crippen LogP contribution in [0.3, 0.4) is 0 Å². The normalized spacial score (nSPS) is 14.4. The lowest BCUT2D eigenvalue weighted by Crippen LogP contribution is -2.26. The number of hydrogen-bond donors (Lipinski definition) is 1. The third-order valence-corrected chi connectivity index (χ3v) is 7.73. The van der Waals surface area contributed by atoms with Gasteiger partial charge in [0.1, 0.15) is 5.75 Å². The molecule has 1 heterocycles. The molecule has 5 rings (SSSR count). The number of nitrogens with zero attached hydrogens (tertiary/aromatic N) is 1. The second-order valence-corrected chi connectivity index (χ2v) is 11.0. The first kappa shape index (κ1) is 27.9. The van der Waals surface area contributed by atoms with Crippen molar-refractivity contribution in [2.24, 2.45) is 0 Å². The summed E-state index contributed by atoms with van der Waals surface area (Å²) in [4.78, 5) is 49.2. The maximum Gasteiger partial charge on any atom is 0.308 e. The molecule has 8 heteroatoms. The zero-order valence-corrected chi connectivity index (χ0v) is 23.4. The molecular formula is C33H28N2O5S. The standard InChI is InChI=1S/C33H28N2O5S/c1-21(36)40-29-16-14-25(15-17-29)24-10-12-27(13-11-24)32(38)35(2)20-23-4-3-5-28(18-23)26-8-6-22(7-9-26)19-30-31(37)34-33(39)41-30/h3-18,30H,19-20H2,1-2H3,(H,34,37,39). The summed E-state index contributed by atoms with van der Waals surface area (Å²) in [6, 6.07) is 30.7.